The molecule has 106 valence electrons. The second-order valence-electron chi connectivity index (χ2n) is 5.27. The zero-order valence-electron chi connectivity index (χ0n) is 12.3. The molecule has 0 spiro atoms. The fourth-order valence-corrected chi connectivity index (χ4v) is 2.86. The summed E-state index contributed by atoms with van der Waals surface area (Å²) in [5.41, 5.74) is 3.33. The number of H-pyrrole nitrogens is 1. The summed E-state index contributed by atoms with van der Waals surface area (Å²) in [4.78, 5) is 7.97. The van der Waals surface area contributed by atoms with Crippen LogP contribution in [0.5, 0.6) is 0 Å². The molecule has 0 saturated carbocycles. The molecule has 21 heavy (non-hydrogen) atoms. The fraction of sp³-hybridized carbons (Fsp3) is 0.222. The molecule has 0 aliphatic rings. The van der Waals surface area contributed by atoms with Crippen molar-refractivity contribution in [2.45, 2.75) is 26.7 Å². The van der Waals surface area contributed by atoms with E-state index in [1.54, 1.807) is 0 Å². The number of aryl methyl sites for hydroxylation is 1. The third kappa shape index (κ3) is 2.61. The van der Waals surface area contributed by atoms with Crippen molar-refractivity contribution in [1.82, 2.24) is 9.97 Å². The Morgan fingerprint density at radius 2 is 1.86 bits per heavy atom. The van der Waals surface area contributed by atoms with Crippen LogP contribution in [0.25, 0.3) is 22.0 Å². The van der Waals surface area contributed by atoms with Crippen LogP contribution in [0.4, 0.5) is 0 Å². The number of nitrogens with one attached hydrogen (secondary N) is 1. The third-order valence-corrected chi connectivity index (χ3v) is 4.14. The first-order valence-electron chi connectivity index (χ1n) is 7.28. The van der Waals surface area contributed by atoms with Gasteiger partial charge in [-0.3, -0.25) is 0 Å². The summed E-state index contributed by atoms with van der Waals surface area (Å²) in [7, 11) is 0. The van der Waals surface area contributed by atoms with Crippen molar-refractivity contribution < 1.29 is 0 Å². The first-order chi connectivity index (χ1) is 10.2. The zero-order chi connectivity index (χ0) is 14.8. The van der Waals surface area contributed by atoms with Crippen LogP contribution in [0.2, 0.25) is 0 Å². The molecule has 1 aromatic heterocycles. The second-order valence-corrected chi connectivity index (χ2v) is 5.65. The monoisotopic (exact) mass is 294 g/mol. The predicted octanol–water partition coefficient (Wildman–Crippen LogP) is 5.22. The molecule has 0 aliphatic heterocycles. The maximum absolute atomic E-state index is 5.43. The standard InChI is InChI=1S/C18H18N2S/c1-3-7-16-19-17(12(2)18(21)20-16)15-11-6-9-13-8-4-5-10-14(13)15/h4-6,8-11H,3,7H2,1-2H3,(H,19,20,21). The lowest BCUT2D eigenvalue weighted by molar-refractivity contribution is 0.829. The van der Waals surface area contributed by atoms with Gasteiger partial charge in [0.25, 0.3) is 0 Å². The largest absolute Gasteiger partial charge is 0.343 e. The lowest BCUT2D eigenvalue weighted by Gasteiger charge is -2.12. The number of hydrogen-bond donors (Lipinski definition) is 1. The summed E-state index contributed by atoms with van der Waals surface area (Å²) in [5, 5.41) is 2.48. The number of fused-ring (bicyclic) bond motifs is 1. The molecule has 1 heterocycles. The van der Waals surface area contributed by atoms with Gasteiger partial charge in [0.15, 0.2) is 0 Å². The van der Waals surface area contributed by atoms with Gasteiger partial charge in [0.05, 0.1) is 5.69 Å². The summed E-state index contributed by atoms with van der Waals surface area (Å²) in [5.74, 6) is 0.969. The Labute approximate surface area is 129 Å². The SMILES string of the molecule is CCCc1nc(=S)c(C)c(-c2cccc3ccccc23)[nH]1. The van der Waals surface area contributed by atoms with Gasteiger partial charge in [0.1, 0.15) is 10.5 Å². The Morgan fingerprint density at radius 1 is 1.10 bits per heavy atom. The fourth-order valence-electron chi connectivity index (χ4n) is 2.65. The Hall–Kier alpha value is -2.00. The average Bonchev–Trinajstić information content (AvgIpc) is 2.50. The number of hydrogen-bond acceptors (Lipinski definition) is 2. The molecule has 0 saturated heterocycles. The zero-order valence-corrected chi connectivity index (χ0v) is 13.1. The van der Waals surface area contributed by atoms with Crippen LogP contribution in [-0.4, -0.2) is 9.97 Å². The van der Waals surface area contributed by atoms with Gasteiger partial charge in [0.2, 0.25) is 0 Å². The highest BCUT2D eigenvalue weighted by atomic mass is 32.1. The number of aromatic nitrogens is 2. The van der Waals surface area contributed by atoms with E-state index in [4.69, 9.17) is 12.2 Å². The minimum absolute atomic E-state index is 0.695. The number of rotatable bonds is 3. The number of nitrogens with zero attached hydrogens (tertiary/aromatic N) is 1. The Morgan fingerprint density at radius 3 is 2.67 bits per heavy atom. The lowest BCUT2D eigenvalue weighted by atomic mass is 10.00. The van der Waals surface area contributed by atoms with Crippen LogP contribution in [-0.2, 0) is 6.42 Å². The molecule has 2 nitrogen and oxygen atoms in total. The minimum atomic E-state index is 0.695. The highest BCUT2D eigenvalue weighted by molar-refractivity contribution is 7.71. The van der Waals surface area contributed by atoms with E-state index in [0.717, 1.165) is 29.9 Å². The highest BCUT2D eigenvalue weighted by Gasteiger charge is 2.10. The van der Waals surface area contributed by atoms with Gasteiger partial charge in [0, 0.05) is 17.5 Å². The minimum Gasteiger partial charge on any atom is -0.343 e. The molecule has 0 bridgehead atoms. The molecule has 0 unspecified atom stereocenters. The van der Waals surface area contributed by atoms with Gasteiger partial charge >= 0.3 is 0 Å². The normalized spacial score (nSPS) is 11.0. The summed E-state index contributed by atoms with van der Waals surface area (Å²) < 4.78 is 0.695. The van der Waals surface area contributed by atoms with Crippen molar-refractivity contribution in [1.29, 1.82) is 0 Å². The summed E-state index contributed by atoms with van der Waals surface area (Å²) >= 11 is 5.43. The summed E-state index contributed by atoms with van der Waals surface area (Å²) in [6, 6.07) is 14.8. The molecular weight excluding hydrogens is 276 g/mol. The van der Waals surface area contributed by atoms with E-state index in [0.29, 0.717) is 4.64 Å². The molecule has 3 heteroatoms. The summed E-state index contributed by atoms with van der Waals surface area (Å²) in [6.45, 7) is 4.19. The maximum Gasteiger partial charge on any atom is 0.133 e. The van der Waals surface area contributed by atoms with Crippen LogP contribution in [0, 0.1) is 11.6 Å². The molecule has 0 atom stereocenters. The van der Waals surface area contributed by atoms with E-state index in [9.17, 15) is 0 Å². The van der Waals surface area contributed by atoms with Gasteiger partial charge in [-0.15, -0.1) is 0 Å². The Balaban J connectivity index is 2.30. The molecule has 0 amide bonds. The topological polar surface area (TPSA) is 28.7 Å². The van der Waals surface area contributed by atoms with Crippen LogP contribution in [0.15, 0.2) is 42.5 Å². The van der Waals surface area contributed by atoms with Gasteiger partial charge in [-0.1, -0.05) is 61.6 Å². The molecule has 3 rings (SSSR count). The molecule has 0 fully saturated rings. The highest BCUT2D eigenvalue weighted by Crippen LogP contribution is 2.29. The first-order valence-corrected chi connectivity index (χ1v) is 7.69. The smallest absolute Gasteiger partial charge is 0.133 e. The Bertz CT molecular complexity index is 844. The van der Waals surface area contributed by atoms with E-state index >= 15 is 0 Å². The van der Waals surface area contributed by atoms with E-state index in [1.165, 1.54) is 16.3 Å². The van der Waals surface area contributed by atoms with Crippen molar-refractivity contribution in [3.8, 4) is 11.3 Å². The molecule has 0 radical (unpaired) electrons. The van der Waals surface area contributed by atoms with Crippen LogP contribution in [0.1, 0.15) is 24.7 Å². The quantitative estimate of drug-likeness (QED) is 0.671. The average molecular weight is 294 g/mol. The van der Waals surface area contributed by atoms with Crippen molar-refractivity contribution in [2.24, 2.45) is 0 Å². The molecule has 2 aromatic carbocycles. The van der Waals surface area contributed by atoms with Crippen molar-refractivity contribution in [3.05, 3.63) is 58.5 Å². The van der Waals surface area contributed by atoms with Crippen molar-refractivity contribution in [3.63, 3.8) is 0 Å². The molecule has 3 aromatic rings. The van der Waals surface area contributed by atoms with E-state index in [2.05, 4.69) is 59.4 Å². The molecule has 0 aliphatic carbocycles. The van der Waals surface area contributed by atoms with Crippen LogP contribution in [0.3, 0.4) is 0 Å². The van der Waals surface area contributed by atoms with Crippen molar-refractivity contribution in [2.75, 3.05) is 0 Å². The van der Waals surface area contributed by atoms with Gasteiger partial charge in [-0.2, -0.15) is 0 Å². The van der Waals surface area contributed by atoms with E-state index in [1.807, 2.05) is 6.92 Å². The lowest BCUT2D eigenvalue weighted by Crippen LogP contribution is -2.00. The van der Waals surface area contributed by atoms with E-state index < -0.39 is 0 Å². The van der Waals surface area contributed by atoms with Gasteiger partial charge < -0.3 is 4.98 Å². The maximum atomic E-state index is 5.43. The first kappa shape index (κ1) is 14.0. The van der Waals surface area contributed by atoms with Crippen LogP contribution >= 0.6 is 12.2 Å². The van der Waals surface area contributed by atoms with Crippen LogP contribution < -0.4 is 0 Å². The molecule has 1 N–H and O–H groups in total. The van der Waals surface area contributed by atoms with E-state index in [-0.39, 0.29) is 0 Å². The predicted molar refractivity (Wildman–Crippen MR) is 91.1 cm³/mol. The Kier molecular flexibility index (Phi) is 3.84. The van der Waals surface area contributed by atoms with Gasteiger partial charge in [-0.05, 0) is 24.1 Å². The third-order valence-electron chi connectivity index (χ3n) is 3.75. The number of benzene rings is 2. The summed E-state index contributed by atoms with van der Waals surface area (Å²) in [6.07, 6.45) is 1.97. The molecular formula is C18H18N2S. The second kappa shape index (κ2) is 5.78. The number of aromatic amines is 1. The van der Waals surface area contributed by atoms with Gasteiger partial charge in [-0.25, -0.2) is 4.98 Å². The van der Waals surface area contributed by atoms with Crippen molar-refractivity contribution >= 4 is 23.0 Å².